The van der Waals surface area contributed by atoms with E-state index >= 15 is 0 Å². The molecule has 5 heterocycles. The van der Waals surface area contributed by atoms with Gasteiger partial charge in [-0.2, -0.15) is 5.26 Å². The molecule has 2 aromatic heterocycles. The number of carbonyl (C=O) groups excluding carboxylic acids is 1. The van der Waals surface area contributed by atoms with Crippen LogP contribution in [0.25, 0.3) is 10.9 Å². The predicted octanol–water partition coefficient (Wildman–Crippen LogP) is 5.39. The fraction of sp³-hybridized carbons (Fsp3) is 0.459. The molecule has 2 saturated heterocycles. The first-order valence-electron chi connectivity index (χ1n) is 17.2. The molecule has 10 nitrogen and oxygen atoms in total. The van der Waals surface area contributed by atoms with Gasteiger partial charge in [0.1, 0.15) is 29.6 Å². The molecule has 0 atom stereocenters. The van der Waals surface area contributed by atoms with Gasteiger partial charge >= 0.3 is 0 Å². The lowest BCUT2D eigenvalue weighted by Gasteiger charge is -2.44. The van der Waals surface area contributed by atoms with Gasteiger partial charge in [0.15, 0.2) is 5.82 Å². The van der Waals surface area contributed by atoms with Crippen molar-refractivity contribution in [1.29, 1.82) is 5.26 Å². The summed E-state index contributed by atoms with van der Waals surface area (Å²) >= 11 is 0. The summed E-state index contributed by atoms with van der Waals surface area (Å²) in [5.41, 5.74) is 6.33. The molecule has 2 aromatic carbocycles. The van der Waals surface area contributed by atoms with Crippen LogP contribution in [0.5, 0.6) is 0 Å². The highest BCUT2D eigenvalue weighted by molar-refractivity contribution is 6.01. The van der Waals surface area contributed by atoms with Crippen LogP contribution in [0.2, 0.25) is 0 Å². The van der Waals surface area contributed by atoms with Gasteiger partial charge in [0, 0.05) is 75.3 Å². The van der Waals surface area contributed by atoms with E-state index < -0.39 is 5.82 Å². The van der Waals surface area contributed by atoms with Crippen molar-refractivity contribution >= 4 is 34.0 Å². The number of hydrogen-bond acceptors (Lipinski definition) is 8. The molecule has 1 N–H and O–H groups in total. The number of nitrogens with one attached hydrogen (secondary N) is 1. The first-order chi connectivity index (χ1) is 23.3. The normalized spacial score (nSPS) is 17.4. The third-order valence-corrected chi connectivity index (χ3v) is 10.5. The highest BCUT2D eigenvalue weighted by Gasteiger charge is 2.34. The van der Waals surface area contributed by atoms with Gasteiger partial charge in [-0.15, -0.1) is 0 Å². The van der Waals surface area contributed by atoms with E-state index in [1.165, 1.54) is 28.6 Å². The van der Waals surface area contributed by atoms with Gasteiger partial charge in [-0.25, -0.2) is 14.4 Å². The van der Waals surface area contributed by atoms with Crippen molar-refractivity contribution in [2.45, 2.75) is 65.2 Å². The van der Waals surface area contributed by atoms with Crippen molar-refractivity contribution in [2.24, 2.45) is 0 Å². The van der Waals surface area contributed by atoms with Crippen LogP contribution < -0.4 is 15.1 Å². The maximum Gasteiger partial charge on any atom is 0.256 e. The summed E-state index contributed by atoms with van der Waals surface area (Å²) in [6, 6.07) is 14.1. The number of carbonyl (C=O) groups is 1. The first kappa shape index (κ1) is 32.0. The molecule has 250 valence electrons. The lowest BCUT2D eigenvalue weighted by molar-refractivity contribution is 0.0717. The van der Waals surface area contributed by atoms with E-state index in [1.54, 1.807) is 17.3 Å². The number of aromatic nitrogens is 3. The number of nitriles is 1. The molecule has 4 aromatic rings. The Morgan fingerprint density at radius 3 is 2.56 bits per heavy atom. The minimum absolute atomic E-state index is 0.00287. The molecule has 48 heavy (non-hydrogen) atoms. The number of fused-ring (bicyclic) bond motifs is 2. The Kier molecular flexibility index (Phi) is 8.79. The summed E-state index contributed by atoms with van der Waals surface area (Å²) in [7, 11) is 0. The zero-order valence-corrected chi connectivity index (χ0v) is 28.3. The van der Waals surface area contributed by atoms with Gasteiger partial charge in [-0.1, -0.05) is 6.07 Å². The minimum atomic E-state index is -0.427. The number of anilines is 3. The lowest BCUT2D eigenvalue weighted by atomic mass is 9.99. The Morgan fingerprint density at radius 2 is 1.88 bits per heavy atom. The van der Waals surface area contributed by atoms with E-state index in [2.05, 4.69) is 60.8 Å². The van der Waals surface area contributed by atoms with Gasteiger partial charge in [0.05, 0.1) is 23.5 Å². The molecule has 0 unspecified atom stereocenters. The SMILES string of the molecule is CCN(C(=O)c1cc(F)ccc1N1CCN(C2CCN(Cc3ccc4c(cc(C#N)n4C4CNC4)c3C)CC2)c2ncncc21)C(C)C. The third kappa shape index (κ3) is 5.67. The molecule has 2 fully saturated rings. The molecule has 1 amide bonds. The summed E-state index contributed by atoms with van der Waals surface area (Å²) in [5, 5.41) is 14.3. The fourth-order valence-electron chi connectivity index (χ4n) is 7.80. The third-order valence-electron chi connectivity index (χ3n) is 10.5. The van der Waals surface area contributed by atoms with E-state index in [1.807, 2.05) is 27.0 Å². The highest BCUT2D eigenvalue weighted by atomic mass is 19.1. The molecule has 3 aliphatic heterocycles. The van der Waals surface area contributed by atoms with E-state index in [-0.39, 0.29) is 11.9 Å². The van der Waals surface area contributed by atoms with E-state index in [9.17, 15) is 14.4 Å². The van der Waals surface area contributed by atoms with Crippen LogP contribution in [0.15, 0.2) is 48.9 Å². The smallest absolute Gasteiger partial charge is 0.256 e. The number of benzene rings is 2. The second-order valence-corrected chi connectivity index (χ2v) is 13.5. The zero-order valence-electron chi connectivity index (χ0n) is 28.3. The summed E-state index contributed by atoms with van der Waals surface area (Å²) < 4.78 is 16.7. The van der Waals surface area contributed by atoms with Crippen LogP contribution in [0, 0.1) is 24.1 Å². The summed E-state index contributed by atoms with van der Waals surface area (Å²) in [4.78, 5) is 31.5. The first-order valence-corrected chi connectivity index (χ1v) is 17.2. The van der Waals surface area contributed by atoms with Crippen molar-refractivity contribution in [1.82, 2.24) is 29.7 Å². The standard InChI is InChI=1S/C37H44FN9O/c1-5-44(24(2)3)37(48)32-16-27(38)7-9-33(32)46-15-14-45(36-35(46)21-41-23-42-36)28-10-12-43(13-11-28)22-26-6-8-34-31(25(26)4)17-29(18-39)47(34)30-19-40-20-30/h6-9,16-17,21,23-24,28,30,40H,5,10-15,19-20,22H2,1-4H3. The number of likely N-dealkylation sites (tertiary alicyclic amines) is 1. The summed E-state index contributed by atoms with van der Waals surface area (Å²) in [5.74, 6) is 0.251. The number of amides is 1. The molecule has 7 rings (SSSR count). The molecule has 0 saturated carbocycles. The van der Waals surface area contributed by atoms with Gasteiger partial charge in [-0.05, 0) is 82.0 Å². The number of hydrogen-bond donors (Lipinski definition) is 1. The molecule has 0 aliphatic carbocycles. The number of halogens is 1. The van der Waals surface area contributed by atoms with Crippen LogP contribution in [0.1, 0.15) is 66.8 Å². The molecule has 0 radical (unpaired) electrons. The highest BCUT2D eigenvalue weighted by Crippen LogP contribution is 2.40. The second kappa shape index (κ2) is 13.2. The monoisotopic (exact) mass is 649 g/mol. The van der Waals surface area contributed by atoms with Gasteiger partial charge < -0.3 is 24.6 Å². The molecule has 0 bridgehead atoms. The molecule has 11 heteroatoms. The Hall–Kier alpha value is -4.53. The molecule has 3 aliphatic rings. The maximum atomic E-state index is 14.5. The number of piperidine rings is 1. The average molecular weight is 650 g/mol. The Balaban J connectivity index is 1.07. The Bertz CT molecular complexity index is 1870. The van der Waals surface area contributed by atoms with Crippen molar-refractivity contribution in [2.75, 3.05) is 55.6 Å². The van der Waals surface area contributed by atoms with Crippen LogP contribution in [-0.2, 0) is 6.54 Å². The predicted molar refractivity (Wildman–Crippen MR) is 186 cm³/mol. The molecular formula is C37H44FN9O. The summed E-state index contributed by atoms with van der Waals surface area (Å²) in [6.45, 7) is 14.6. The quantitative estimate of drug-likeness (QED) is 0.272. The van der Waals surface area contributed by atoms with Gasteiger partial charge in [-0.3, -0.25) is 9.69 Å². The minimum Gasteiger partial charge on any atom is -0.350 e. The fourth-order valence-corrected chi connectivity index (χ4v) is 7.80. The van der Waals surface area contributed by atoms with Crippen molar-refractivity contribution in [3.8, 4) is 6.07 Å². The zero-order chi connectivity index (χ0) is 33.5. The Labute approximate surface area is 281 Å². The Morgan fingerprint density at radius 1 is 1.08 bits per heavy atom. The van der Waals surface area contributed by atoms with Crippen LogP contribution in [0.4, 0.5) is 21.6 Å². The average Bonchev–Trinajstić information content (AvgIpc) is 3.44. The van der Waals surface area contributed by atoms with Crippen molar-refractivity contribution < 1.29 is 9.18 Å². The van der Waals surface area contributed by atoms with Crippen molar-refractivity contribution in [3.05, 3.63) is 77.1 Å². The lowest BCUT2D eigenvalue weighted by Crippen LogP contribution is -2.50. The second-order valence-electron chi connectivity index (χ2n) is 13.5. The number of nitrogens with zero attached hydrogens (tertiary/aromatic N) is 8. The maximum absolute atomic E-state index is 14.5. The largest absolute Gasteiger partial charge is 0.350 e. The van der Waals surface area contributed by atoms with Gasteiger partial charge in [0.2, 0.25) is 0 Å². The van der Waals surface area contributed by atoms with E-state index in [0.717, 1.165) is 74.8 Å². The number of rotatable bonds is 8. The van der Waals surface area contributed by atoms with Gasteiger partial charge in [0.25, 0.3) is 5.91 Å². The van der Waals surface area contributed by atoms with E-state index in [4.69, 9.17) is 4.98 Å². The molecule has 0 spiro atoms. The van der Waals surface area contributed by atoms with Crippen molar-refractivity contribution in [3.63, 3.8) is 0 Å². The van der Waals surface area contributed by atoms with E-state index in [0.29, 0.717) is 36.4 Å². The number of aryl methyl sites for hydroxylation is 1. The summed E-state index contributed by atoms with van der Waals surface area (Å²) in [6.07, 6.45) is 5.42. The van der Waals surface area contributed by atoms with Crippen LogP contribution >= 0.6 is 0 Å². The van der Waals surface area contributed by atoms with Crippen LogP contribution in [-0.4, -0.2) is 88.1 Å². The topological polar surface area (TPSA) is 96.6 Å². The van der Waals surface area contributed by atoms with Crippen LogP contribution in [0.3, 0.4) is 0 Å². The molecular weight excluding hydrogens is 605 g/mol.